The van der Waals surface area contributed by atoms with Crippen LogP contribution in [-0.2, 0) is 11.0 Å². The van der Waals surface area contributed by atoms with Gasteiger partial charge in [0.05, 0.1) is 5.56 Å². The minimum Gasteiger partial charge on any atom is -0.399 e. The van der Waals surface area contributed by atoms with Gasteiger partial charge in [0.15, 0.2) is 0 Å². The van der Waals surface area contributed by atoms with Gasteiger partial charge in [0.25, 0.3) is 0 Å². The predicted octanol–water partition coefficient (Wildman–Crippen LogP) is 4.10. The van der Waals surface area contributed by atoms with Crippen molar-refractivity contribution in [1.29, 1.82) is 0 Å². The van der Waals surface area contributed by atoms with E-state index in [1.165, 1.54) is 12.1 Å². The first-order valence-corrected chi connectivity index (χ1v) is 8.66. The van der Waals surface area contributed by atoms with Crippen molar-refractivity contribution in [3.8, 4) is 0 Å². The van der Waals surface area contributed by atoms with Gasteiger partial charge < -0.3 is 20.7 Å². The van der Waals surface area contributed by atoms with E-state index in [9.17, 15) is 18.0 Å². The van der Waals surface area contributed by atoms with E-state index in [0.717, 1.165) is 25.2 Å². The van der Waals surface area contributed by atoms with Crippen LogP contribution in [0.3, 0.4) is 0 Å². The van der Waals surface area contributed by atoms with E-state index in [2.05, 4.69) is 5.32 Å². The standard InChI is InChI=1S/C13H18F3N3.C3H6O.C2H6/c1-18-10-4-6-19(7-5-10)12-3-2-9(17)8-11(12)13(14,15)16;1-2-3-4;1-2/h2-3,8,10,18H,4-7,17H2,1H3;3H,2H2,1H3;1-2H3. The summed E-state index contributed by atoms with van der Waals surface area (Å²) in [6.07, 6.45) is -1.17. The zero-order chi connectivity index (χ0) is 19.5. The number of benzene rings is 1. The maximum absolute atomic E-state index is 13.0. The number of carbonyl (C=O) groups excluding carboxylic acids is 1. The van der Waals surface area contributed by atoms with Gasteiger partial charge in [-0.05, 0) is 38.1 Å². The minimum absolute atomic E-state index is 0.140. The lowest BCUT2D eigenvalue weighted by Gasteiger charge is -2.35. The molecule has 7 heteroatoms. The third-order valence-corrected chi connectivity index (χ3v) is 3.74. The zero-order valence-electron chi connectivity index (χ0n) is 15.5. The quantitative estimate of drug-likeness (QED) is 0.629. The van der Waals surface area contributed by atoms with E-state index in [1.54, 1.807) is 4.90 Å². The Labute approximate surface area is 148 Å². The maximum Gasteiger partial charge on any atom is 0.418 e. The number of carbonyl (C=O) groups is 1. The molecule has 0 radical (unpaired) electrons. The zero-order valence-corrected chi connectivity index (χ0v) is 15.5. The van der Waals surface area contributed by atoms with Gasteiger partial charge in [0, 0.05) is 36.9 Å². The molecule has 3 N–H and O–H groups in total. The first-order valence-electron chi connectivity index (χ1n) is 8.66. The maximum atomic E-state index is 13.0. The number of anilines is 2. The van der Waals surface area contributed by atoms with Crippen LogP contribution in [0.25, 0.3) is 0 Å². The molecular weight excluding hydrogens is 331 g/mol. The molecule has 0 saturated carbocycles. The molecule has 1 aromatic rings. The normalized spacial score (nSPS) is 14.8. The number of nitrogens with zero attached hydrogens (tertiary/aromatic N) is 1. The van der Waals surface area contributed by atoms with E-state index in [4.69, 9.17) is 5.73 Å². The minimum atomic E-state index is -4.37. The summed E-state index contributed by atoms with van der Waals surface area (Å²) in [5.74, 6) is 0. The topological polar surface area (TPSA) is 58.4 Å². The fourth-order valence-electron chi connectivity index (χ4n) is 2.47. The second-order valence-electron chi connectivity index (χ2n) is 5.40. The summed E-state index contributed by atoms with van der Waals surface area (Å²) in [5.41, 5.74) is 5.20. The van der Waals surface area contributed by atoms with Crippen molar-refractivity contribution < 1.29 is 18.0 Å². The number of hydrogen-bond acceptors (Lipinski definition) is 4. The number of nitrogen functional groups attached to an aromatic ring is 1. The van der Waals surface area contributed by atoms with Crippen molar-refractivity contribution in [2.45, 2.75) is 52.3 Å². The Balaban J connectivity index is 0.000000845. The van der Waals surface area contributed by atoms with Crippen LogP contribution in [0.4, 0.5) is 24.5 Å². The highest BCUT2D eigenvalue weighted by molar-refractivity contribution is 5.61. The highest BCUT2D eigenvalue weighted by Gasteiger charge is 2.35. The second-order valence-corrected chi connectivity index (χ2v) is 5.40. The molecule has 0 bridgehead atoms. The summed E-state index contributed by atoms with van der Waals surface area (Å²) in [7, 11) is 1.88. The molecule has 25 heavy (non-hydrogen) atoms. The first kappa shape index (κ1) is 23.2. The molecule has 0 unspecified atom stereocenters. The molecule has 0 amide bonds. The predicted molar refractivity (Wildman–Crippen MR) is 97.9 cm³/mol. The monoisotopic (exact) mass is 361 g/mol. The number of nitrogens with two attached hydrogens (primary N) is 1. The third-order valence-electron chi connectivity index (χ3n) is 3.74. The summed E-state index contributed by atoms with van der Waals surface area (Å²) >= 11 is 0. The van der Waals surface area contributed by atoms with Crippen LogP contribution in [0.1, 0.15) is 45.6 Å². The average molecular weight is 361 g/mol. The van der Waals surface area contributed by atoms with Crippen molar-refractivity contribution >= 4 is 17.7 Å². The van der Waals surface area contributed by atoms with Gasteiger partial charge in [-0.1, -0.05) is 20.8 Å². The highest BCUT2D eigenvalue weighted by Crippen LogP contribution is 2.38. The van der Waals surface area contributed by atoms with Gasteiger partial charge in [-0.3, -0.25) is 0 Å². The molecule has 1 aromatic carbocycles. The van der Waals surface area contributed by atoms with Crippen LogP contribution in [0, 0.1) is 0 Å². The van der Waals surface area contributed by atoms with Crippen LogP contribution in [0.5, 0.6) is 0 Å². The van der Waals surface area contributed by atoms with Gasteiger partial charge in [0.2, 0.25) is 0 Å². The lowest BCUT2D eigenvalue weighted by Crippen LogP contribution is -2.41. The molecule has 4 nitrogen and oxygen atoms in total. The van der Waals surface area contributed by atoms with Crippen molar-refractivity contribution in [2.75, 3.05) is 30.8 Å². The van der Waals surface area contributed by atoms with Crippen LogP contribution < -0.4 is 16.0 Å². The van der Waals surface area contributed by atoms with Crippen molar-refractivity contribution in [3.05, 3.63) is 23.8 Å². The summed E-state index contributed by atoms with van der Waals surface area (Å²) in [4.78, 5) is 11.0. The van der Waals surface area contributed by atoms with Crippen LogP contribution in [0.2, 0.25) is 0 Å². The molecule has 0 aromatic heterocycles. The van der Waals surface area contributed by atoms with Crippen LogP contribution in [-0.4, -0.2) is 32.5 Å². The number of alkyl halides is 3. The number of nitrogens with one attached hydrogen (secondary N) is 1. The van der Waals surface area contributed by atoms with Crippen molar-refractivity contribution in [3.63, 3.8) is 0 Å². The number of piperidine rings is 1. The van der Waals surface area contributed by atoms with Gasteiger partial charge in [-0.2, -0.15) is 13.2 Å². The SMILES string of the molecule is CC.CCC=O.CNC1CCN(c2ccc(N)cc2C(F)(F)F)CC1. The highest BCUT2D eigenvalue weighted by atomic mass is 19.4. The van der Waals surface area contributed by atoms with E-state index in [0.29, 0.717) is 25.6 Å². The van der Waals surface area contributed by atoms with Crippen LogP contribution >= 0.6 is 0 Å². The Morgan fingerprint density at radius 3 is 2.20 bits per heavy atom. The Morgan fingerprint density at radius 2 is 1.80 bits per heavy atom. The number of hydrogen-bond donors (Lipinski definition) is 2. The summed E-state index contributed by atoms with van der Waals surface area (Å²) in [5, 5.41) is 3.16. The first-order chi connectivity index (χ1) is 11.8. The van der Waals surface area contributed by atoms with Gasteiger partial charge in [-0.15, -0.1) is 0 Å². The second kappa shape index (κ2) is 11.7. The molecule has 1 heterocycles. The van der Waals surface area contributed by atoms with E-state index >= 15 is 0 Å². The molecular formula is C18H30F3N3O. The van der Waals surface area contributed by atoms with Gasteiger partial charge in [0.1, 0.15) is 6.29 Å². The number of halogens is 3. The Morgan fingerprint density at radius 1 is 1.28 bits per heavy atom. The molecule has 1 aliphatic heterocycles. The Kier molecular flexibility index (Phi) is 10.9. The fourth-order valence-corrected chi connectivity index (χ4v) is 2.47. The van der Waals surface area contributed by atoms with Crippen molar-refractivity contribution in [1.82, 2.24) is 5.32 Å². The average Bonchev–Trinajstić information content (AvgIpc) is 2.63. The number of aldehydes is 1. The molecule has 1 aliphatic rings. The fraction of sp³-hybridized carbons (Fsp3) is 0.611. The Hall–Kier alpha value is -1.76. The molecule has 0 spiro atoms. The van der Waals surface area contributed by atoms with Crippen molar-refractivity contribution in [2.24, 2.45) is 0 Å². The van der Waals surface area contributed by atoms with Gasteiger partial charge >= 0.3 is 6.18 Å². The summed E-state index contributed by atoms with van der Waals surface area (Å²) < 4.78 is 39.1. The van der Waals surface area contributed by atoms with E-state index < -0.39 is 11.7 Å². The largest absolute Gasteiger partial charge is 0.418 e. The molecule has 0 aliphatic carbocycles. The smallest absolute Gasteiger partial charge is 0.399 e. The molecule has 1 saturated heterocycles. The molecule has 0 atom stereocenters. The molecule has 144 valence electrons. The third kappa shape index (κ3) is 7.77. The molecule has 1 fully saturated rings. The number of rotatable bonds is 3. The lowest BCUT2D eigenvalue weighted by molar-refractivity contribution is -0.137. The summed E-state index contributed by atoms with van der Waals surface area (Å²) in [6, 6.07) is 4.39. The summed E-state index contributed by atoms with van der Waals surface area (Å²) in [6.45, 7) is 7.06. The lowest BCUT2D eigenvalue weighted by atomic mass is 10.0. The van der Waals surface area contributed by atoms with Gasteiger partial charge in [-0.25, -0.2) is 0 Å². The van der Waals surface area contributed by atoms with E-state index in [-0.39, 0.29) is 11.4 Å². The molecule has 2 rings (SSSR count). The Bertz CT molecular complexity index is 499. The van der Waals surface area contributed by atoms with E-state index in [1.807, 2.05) is 27.8 Å². The van der Waals surface area contributed by atoms with Crippen LogP contribution in [0.15, 0.2) is 18.2 Å².